The quantitative estimate of drug-likeness (QED) is 0.927. The van der Waals surface area contributed by atoms with Gasteiger partial charge in [0.2, 0.25) is 0 Å². The van der Waals surface area contributed by atoms with Crippen molar-refractivity contribution in [3.05, 3.63) is 35.4 Å². The Kier molecular flexibility index (Phi) is 5.71. The van der Waals surface area contributed by atoms with Crippen LogP contribution in [0, 0.1) is 17.6 Å². The summed E-state index contributed by atoms with van der Waals surface area (Å²) in [6.45, 7) is 5.67. The molecule has 2 nitrogen and oxygen atoms in total. The fourth-order valence-electron chi connectivity index (χ4n) is 2.63. The maximum Gasteiger partial charge on any atom is 0.128 e. The first-order valence-corrected chi connectivity index (χ1v) is 6.43. The number of halogens is 3. The van der Waals surface area contributed by atoms with Gasteiger partial charge in [0.1, 0.15) is 11.6 Å². The summed E-state index contributed by atoms with van der Waals surface area (Å²) in [4.78, 5) is 2.17. The van der Waals surface area contributed by atoms with E-state index in [-0.39, 0.29) is 36.1 Å². The molecule has 0 aliphatic carbocycles. The summed E-state index contributed by atoms with van der Waals surface area (Å²) in [5, 5.41) is 0. The summed E-state index contributed by atoms with van der Waals surface area (Å²) < 4.78 is 26.9. The van der Waals surface area contributed by atoms with Crippen LogP contribution in [0.15, 0.2) is 18.2 Å². The van der Waals surface area contributed by atoms with Crippen molar-refractivity contribution in [3.63, 3.8) is 0 Å². The summed E-state index contributed by atoms with van der Waals surface area (Å²) in [5.74, 6) is -0.279. The van der Waals surface area contributed by atoms with Crippen LogP contribution in [0.25, 0.3) is 0 Å². The summed E-state index contributed by atoms with van der Waals surface area (Å²) in [7, 11) is 0. The van der Waals surface area contributed by atoms with Gasteiger partial charge in [0.15, 0.2) is 0 Å². The van der Waals surface area contributed by atoms with Gasteiger partial charge >= 0.3 is 0 Å². The van der Waals surface area contributed by atoms with E-state index in [4.69, 9.17) is 5.73 Å². The van der Waals surface area contributed by atoms with Crippen LogP contribution in [-0.2, 0) is 0 Å². The fourth-order valence-corrected chi connectivity index (χ4v) is 2.63. The maximum absolute atomic E-state index is 13.7. The summed E-state index contributed by atoms with van der Waals surface area (Å²) in [6.07, 6.45) is 1.03. The molecule has 19 heavy (non-hydrogen) atoms. The van der Waals surface area contributed by atoms with Crippen molar-refractivity contribution in [2.24, 2.45) is 11.7 Å². The van der Waals surface area contributed by atoms with E-state index in [2.05, 4.69) is 4.90 Å². The van der Waals surface area contributed by atoms with E-state index in [9.17, 15) is 8.78 Å². The molecule has 1 fully saturated rings. The third kappa shape index (κ3) is 3.65. The second-order valence-corrected chi connectivity index (χ2v) is 5.24. The Balaban J connectivity index is 0.00000180. The highest BCUT2D eigenvalue weighted by molar-refractivity contribution is 5.85. The maximum atomic E-state index is 13.7. The molecule has 3 unspecified atom stereocenters. The summed E-state index contributed by atoms with van der Waals surface area (Å²) in [5.41, 5.74) is 6.32. The zero-order chi connectivity index (χ0) is 13.3. The number of benzene rings is 1. The van der Waals surface area contributed by atoms with E-state index in [1.54, 1.807) is 0 Å². The van der Waals surface area contributed by atoms with Crippen LogP contribution in [-0.4, -0.2) is 24.0 Å². The predicted octanol–water partition coefficient (Wildman–Crippen LogP) is 3.12. The molecule has 1 heterocycles. The van der Waals surface area contributed by atoms with Crippen molar-refractivity contribution < 1.29 is 8.78 Å². The lowest BCUT2D eigenvalue weighted by molar-refractivity contribution is 0.243. The third-order valence-corrected chi connectivity index (χ3v) is 3.96. The van der Waals surface area contributed by atoms with Gasteiger partial charge in [-0.1, -0.05) is 0 Å². The Morgan fingerprint density at radius 3 is 2.58 bits per heavy atom. The fraction of sp³-hybridized carbons (Fsp3) is 0.571. The predicted molar refractivity (Wildman–Crippen MR) is 75.4 cm³/mol. The molecule has 108 valence electrons. The van der Waals surface area contributed by atoms with Crippen LogP contribution < -0.4 is 5.73 Å². The minimum atomic E-state index is -0.388. The Morgan fingerprint density at radius 1 is 1.32 bits per heavy atom. The van der Waals surface area contributed by atoms with Gasteiger partial charge in [-0.25, -0.2) is 8.78 Å². The lowest BCUT2D eigenvalue weighted by Crippen LogP contribution is -2.31. The van der Waals surface area contributed by atoms with Crippen molar-refractivity contribution >= 4 is 12.4 Å². The van der Waals surface area contributed by atoms with Crippen molar-refractivity contribution in [2.75, 3.05) is 13.1 Å². The van der Waals surface area contributed by atoms with Gasteiger partial charge in [0.05, 0.1) is 0 Å². The Labute approximate surface area is 119 Å². The number of likely N-dealkylation sites (tertiary alicyclic amines) is 1. The van der Waals surface area contributed by atoms with Crippen LogP contribution in [0.2, 0.25) is 0 Å². The molecule has 5 heteroatoms. The summed E-state index contributed by atoms with van der Waals surface area (Å²) >= 11 is 0. The van der Waals surface area contributed by atoms with E-state index in [1.165, 1.54) is 12.1 Å². The Hall–Kier alpha value is -0.710. The molecule has 0 amide bonds. The third-order valence-electron chi connectivity index (χ3n) is 3.96. The van der Waals surface area contributed by atoms with Crippen LogP contribution in [0.4, 0.5) is 8.78 Å². The van der Waals surface area contributed by atoms with Gasteiger partial charge in [-0.3, -0.25) is 4.90 Å². The SMILES string of the molecule is CC(N)C1CCN(C(C)c2cc(F)ccc2F)C1.Cl. The van der Waals surface area contributed by atoms with Gasteiger partial charge in [0, 0.05) is 24.2 Å². The first-order chi connectivity index (χ1) is 8.49. The number of hydrogen-bond acceptors (Lipinski definition) is 2. The van der Waals surface area contributed by atoms with Gasteiger partial charge in [0.25, 0.3) is 0 Å². The Bertz CT molecular complexity index is 426. The van der Waals surface area contributed by atoms with Crippen molar-refractivity contribution in [2.45, 2.75) is 32.4 Å². The van der Waals surface area contributed by atoms with Crippen molar-refractivity contribution in [1.82, 2.24) is 4.90 Å². The smallest absolute Gasteiger partial charge is 0.128 e. The van der Waals surface area contributed by atoms with E-state index in [0.717, 1.165) is 25.6 Å². The minimum Gasteiger partial charge on any atom is -0.328 e. The molecule has 3 atom stereocenters. The monoisotopic (exact) mass is 290 g/mol. The van der Waals surface area contributed by atoms with Gasteiger partial charge in [-0.05, 0) is 50.9 Å². The Morgan fingerprint density at radius 2 is 2.00 bits per heavy atom. The molecule has 2 rings (SSSR count). The molecular formula is C14H21ClF2N2. The number of nitrogens with zero attached hydrogens (tertiary/aromatic N) is 1. The zero-order valence-corrected chi connectivity index (χ0v) is 12.1. The van der Waals surface area contributed by atoms with Crippen LogP contribution in [0.5, 0.6) is 0 Å². The molecule has 1 aromatic carbocycles. The van der Waals surface area contributed by atoms with E-state index in [1.807, 2.05) is 13.8 Å². The minimum absolute atomic E-state index is 0. The summed E-state index contributed by atoms with van der Waals surface area (Å²) in [6, 6.07) is 3.68. The van der Waals surface area contributed by atoms with Crippen LogP contribution in [0.3, 0.4) is 0 Å². The standard InChI is InChI=1S/C14H20F2N2.ClH/c1-9(17)11-5-6-18(8-11)10(2)13-7-12(15)3-4-14(13)16;/h3-4,7,9-11H,5-6,8,17H2,1-2H3;1H. The molecule has 0 spiro atoms. The molecule has 0 bridgehead atoms. The average molecular weight is 291 g/mol. The molecule has 0 saturated carbocycles. The van der Waals surface area contributed by atoms with Crippen LogP contribution in [0.1, 0.15) is 31.9 Å². The average Bonchev–Trinajstić information content (AvgIpc) is 2.81. The topological polar surface area (TPSA) is 29.3 Å². The lowest BCUT2D eigenvalue weighted by atomic mass is 10.0. The molecular weight excluding hydrogens is 270 g/mol. The second kappa shape index (κ2) is 6.64. The molecule has 0 aromatic heterocycles. The zero-order valence-electron chi connectivity index (χ0n) is 11.3. The number of nitrogens with two attached hydrogens (primary N) is 1. The molecule has 1 aliphatic rings. The van der Waals surface area contributed by atoms with Crippen molar-refractivity contribution in [3.8, 4) is 0 Å². The highest BCUT2D eigenvalue weighted by Crippen LogP contribution is 2.30. The van der Waals surface area contributed by atoms with Gasteiger partial charge < -0.3 is 5.73 Å². The van der Waals surface area contributed by atoms with E-state index >= 15 is 0 Å². The highest BCUT2D eigenvalue weighted by Gasteiger charge is 2.29. The largest absolute Gasteiger partial charge is 0.328 e. The van der Waals surface area contributed by atoms with Gasteiger partial charge in [-0.2, -0.15) is 0 Å². The van der Waals surface area contributed by atoms with Crippen LogP contribution >= 0.6 is 12.4 Å². The molecule has 1 saturated heterocycles. The van der Waals surface area contributed by atoms with E-state index in [0.29, 0.717) is 11.5 Å². The van der Waals surface area contributed by atoms with E-state index < -0.39 is 0 Å². The van der Waals surface area contributed by atoms with Crippen molar-refractivity contribution in [1.29, 1.82) is 0 Å². The molecule has 0 radical (unpaired) electrons. The lowest BCUT2D eigenvalue weighted by Gasteiger charge is -2.25. The highest BCUT2D eigenvalue weighted by atomic mass is 35.5. The van der Waals surface area contributed by atoms with Gasteiger partial charge in [-0.15, -0.1) is 12.4 Å². The normalized spacial score (nSPS) is 22.9. The molecule has 1 aromatic rings. The number of rotatable bonds is 3. The first-order valence-electron chi connectivity index (χ1n) is 6.43. The molecule has 1 aliphatic heterocycles. The second-order valence-electron chi connectivity index (χ2n) is 5.24. The first kappa shape index (κ1) is 16.3. The number of hydrogen-bond donors (Lipinski definition) is 1. The molecule has 2 N–H and O–H groups in total.